The van der Waals surface area contributed by atoms with Gasteiger partial charge in [-0.05, 0) is 54.1 Å². The predicted molar refractivity (Wildman–Crippen MR) is 111 cm³/mol. The van der Waals surface area contributed by atoms with E-state index in [0.29, 0.717) is 5.02 Å². The van der Waals surface area contributed by atoms with Gasteiger partial charge in [0.1, 0.15) is 12.4 Å². The van der Waals surface area contributed by atoms with E-state index in [-0.39, 0.29) is 22.8 Å². The minimum Gasteiger partial charge on any atom is -0.488 e. The predicted octanol–water partition coefficient (Wildman–Crippen LogP) is 4.80. The summed E-state index contributed by atoms with van der Waals surface area (Å²) >= 11 is 9.11. The van der Waals surface area contributed by atoms with Crippen LogP contribution in [0.25, 0.3) is 0 Å². The molecule has 1 amide bonds. The van der Waals surface area contributed by atoms with Gasteiger partial charge in [-0.25, -0.2) is 13.1 Å². The van der Waals surface area contributed by atoms with Gasteiger partial charge < -0.3 is 4.74 Å². The van der Waals surface area contributed by atoms with E-state index in [1.807, 2.05) is 12.1 Å². The average Bonchev–Trinajstić information content (AvgIpc) is 2.68. The Kier molecular flexibility index (Phi) is 6.39. The molecule has 1 N–H and O–H groups in total. The van der Waals surface area contributed by atoms with Crippen molar-refractivity contribution >= 4 is 43.5 Å². The lowest BCUT2D eigenvalue weighted by Crippen LogP contribution is -2.30. The molecule has 3 aromatic rings. The molecule has 0 spiro atoms. The summed E-state index contributed by atoms with van der Waals surface area (Å²) in [5, 5.41) is 0.613. The molecule has 0 unspecified atom stereocenters. The van der Waals surface area contributed by atoms with Crippen molar-refractivity contribution in [3.63, 3.8) is 0 Å². The number of nitrogens with one attached hydrogen (secondary N) is 1. The quantitative estimate of drug-likeness (QED) is 0.550. The minimum absolute atomic E-state index is 0.0105. The summed E-state index contributed by atoms with van der Waals surface area (Å²) in [5.74, 6) is -0.490. The third-order valence-corrected chi connectivity index (χ3v) is 5.92. The molecule has 0 saturated carbocycles. The zero-order valence-corrected chi connectivity index (χ0v) is 17.6. The summed E-state index contributed by atoms with van der Waals surface area (Å²) in [6.45, 7) is 0.209. The molecule has 5 nitrogen and oxygen atoms in total. The molecule has 0 aliphatic heterocycles. The molecule has 0 atom stereocenters. The number of amides is 1. The molecular formula is C20H15BrClNO4S. The molecule has 0 aliphatic carbocycles. The summed E-state index contributed by atoms with van der Waals surface area (Å²) in [6, 6.07) is 19.5. The van der Waals surface area contributed by atoms with E-state index in [9.17, 15) is 13.2 Å². The van der Waals surface area contributed by atoms with Gasteiger partial charge in [0, 0.05) is 9.50 Å². The van der Waals surface area contributed by atoms with E-state index >= 15 is 0 Å². The highest BCUT2D eigenvalue weighted by molar-refractivity contribution is 9.10. The molecule has 0 fully saturated rings. The van der Waals surface area contributed by atoms with Crippen LogP contribution in [0, 0.1) is 0 Å². The standard InChI is InChI=1S/C20H15BrClNO4S/c21-15-7-11-17(12-8-15)28(25,26)23-20(24)18-3-1-2-4-19(18)27-13-14-5-9-16(22)10-6-14/h1-12H,13H2,(H,23,24). The van der Waals surface area contributed by atoms with Crippen LogP contribution >= 0.6 is 27.5 Å². The van der Waals surface area contributed by atoms with Gasteiger partial charge in [0.05, 0.1) is 10.5 Å². The first-order valence-corrected chi connectivity index (χ1v) is 10.8. The van der Waals surface area contributed by atoms with Crippen molar-refractivity contribution in [1.29, 1.82) is 0 Å². The number of sulfonamides is 1. The summed E-state index contributed by atoms with van der Waals surface area (Å²) < 4.78 is 33.4. The number of carbonyl (C=O) groups excluding carboxylic acids is 1. The van der Waals surface area contributed by atoms with Crippen LogP contribution in [0.3, 0.4) is 0 Å². The summed E-state index contributed by atoms with van der Waals surface area (Å²) in [7, 11) is -4.00. The Balaban J connectivity index is 1.76. The lowest BCUT2D eigenvalue weighted by molar-refractivity contribution is 0.0977. The first-order valence-electron chi connectivity index (χ1n) is 8.14. The van der Waals surface area contributed by atoms with Crippen LogP contribution in [-0.2, 0) is 16.6 Å². The number of rotatable bonds is 6. The van der Waals surface area contributed by atoms with Crippen LogP contribution in [0.2, 0.25) is 5.02 Å². The monoisotopic (exact) mass is 479 g/mol. The Morgan fingerprint density at radius 3 is 2.29 bits per heavy atom. The maximum Gasteiger partial charge on any atom is 0.268 e. The average molecular weight is 481 g/mol. The van der Waals surface area contributed by atoms with Crippen molar-refractivity contribution < 1.29 is 17.9 Å². The maximum absolute atomic E-state index is 12.6. The molecule has 3 rings (SSSR count). The largest absolute Gasteiger partial charge is 0.488 e. The van der Waals surface area contributed by atoms with Crippen LogP contribution in [0.1, 0.15) is 15.9 Å². The molecular weight excluding hydrogens is 466 g/mol. The molecule has 0 aromatic heterocycles. The summed E-state index contributed by atoms with van der Waals surface area (Å²) in [4.78, 5) is 12.6. The second kappa shape index (κ2) is 8.77. The number of para-hydroxylation sites is 1. The molecule has 0 heterocycles. The number of hydrogen-bond donors (Lipinski definition) is 1. The van der Waals surface area contributed by atoms with Gasteiger partial charge in [-0.1, -0.05) is 51.8 Å². The third-order valence-electron chi connectivity index (χ3n) is 3.79. The molecule has 0 saturated heterocycles. The van der Waals surface area contributed by atoms with E-state index < -0.39 is 15.9 Å². The van der Waals surface area contributed by atoms with E-state index in [1.165, 1.54) is 18.2 Å². The molecule has 8 heteroatoms. The van der Waals surface area contributed by atoms with Gasteiger partial charge in [-0.2, -0.15) is 0 Å². The van der Waals surface area contributed by atoms with E-state index in [0.717, 1.165) is 10.0 Å². The van der Waals surface area contributed by atoms with Gasteiger partial charge in [-0.15, -0.1) is 0 Å². The zero-order chi connectivity index (χ0) is 20.1. The lowest BCUT2D eigenvalue weighted by atomic mass is 10.2. The fourth-order valence-corrected chi connectivity index (χ4v) is 3.73. The Labute approximate surface area is 176 Å². The summed E-state index contributed by atoms with van der Waals surface area (Å²) in [5.41, 5.74) is 0.985. The smallest absolute Gasteiger partial charge is 0.268 e. The molecule has 0 aliphatic rings. The van der Waals surface area contributed by atoms with Crippen molar-refractivity contribution in [3.05, 3.63) is 93.4 Å². The number of benzene rings is 3. The summed E-state index contributed by atoms with van der Waals surface area (Å²) in [6.07, 6.45) is 0. The van der Waals surface area contributed by atoms with E-state index in [2.05, 4.69) is 20.7 Å². The Bertz CT molecular complexity index is 1080. The molecule has 0 bridgehead atoms. The van der Waals surface area contributed by atoms with Crippen LogP contribution < -0.4 is 9.46 Å². The fraction of sp³-hybridized carbons (Fsp3) is 0.0500. The van der Waals surface area contributed by atoms with Crippen LogP contribution in [0.15, 0.2) is 82.2 Å². The van der Waals surface area contributed by atoms with Gasteiger partial charge in [0.2, 0.25) is 0 Å². The van der Waals surface area contributed by atoms with Crippen LogP contribution in [-0.4, -0.2) is 14.3 Å². The molecule has 3 aromatic carbocycles. The van der Waals surface area contributed by atoms with Crippen LogP contribution in [0.4, 0.5) is 0 Å². The van der Waals surface area contributed by atoms with Crippen molar-refractivity contribution in [3.8, 4) is 5.75 Å². The SMILES string of the molecule is O=C(NS(=O)(=O)c1ccc(Br)cc1)c1ccccc1OCc1ccc(Cl)cc1. The van der Waals surface area contributed by atoms with Crippen molar-refractivity contribution in [1.82, 2.24) is 4.72 Å². The maximum atomic E-state index is 12.6. The zero-order valence-electron chi connectivity index (χ0n) is 14.4. The second-order valence-corrected chi connectivity index (χ2v) is 8.83. The third kappa shape index (κ3) is 5.13. The van der Waals surface area contributed by atoms with Crippen LogP contribution in [0.5, 0.6) is 5.75 Å². The molecule has 28 heavy (non-hydrogen) atoms. The number of hydrogen-bond acceptors (Lipinski definition) is 4. The molecule has 144 valence electrons. The van der Waals surface area contributed by atoms with Gasteiger partial charge in [0.15, 0.2) is 0 Å². The highest BCUT2D eigenvalue weighted by Crippen LogP contribution is 2.21. The topological polar surface area (TPSA) is 72.5 Å². The Morgan fingerprint density at radius 1 is 0.964 bits per heavy atom. The van der Waals surface area contributed by atoms with Crippen molar-refractivity contribution in [2.45, 2.75) is 11.5 Å². The van der Waals surface area contributed by atoms with Gasteiger partial charge >= 0.3 is 0 Å². The van der Waals surface area contributed by atoms with Gasteiger partial charge in [0.25, 0.3) is 15.9 Å². The Morgan fingerprint density at radius 2 is 1.61 bits per heavy atom. The fourth-order valence-electron chi connectivity index (χ4n) is 2.37. The lowest BCUT2D eigenvalue weighted by Gasteiger charge is -2.12. The first-order chi connectivity index (χ1) is 13.3. The van der Waals surface area contributed by atoms with Crippen molar-refractivity contribution in [2.24, 2.45) is 0 Å². The highest BCUT2D eigenvalue weighted by Gasteiger charge is 2.21. The first kappa shape index (κ1) is 20.4. The number of halogens is 2. The van der Waals surface area contributed by atoms with Crippen molar-refractivity contribution in [2.75, 3.05) is 0 Å². The normalized spacial score (nSPS) is 11.1. The minimum atomic E-state index is -4.00. The molecule has 0 radical (unpaired) electrons. The van der Waals surface area contributed by atoms with E-state index in [1.54, 1.807) is 42.5 Å². The highest BCUT2D eigenvalue weighted by atomic mass is 79.9. The van der Waals surface area contributed by atoms with E-state index in [4.69, 9.17) is 16.3 Å². The Hall–Kier alpha value is -2.35. The van der Waals surface area contributed by atoms with Gasteiger partial charge in [-0.3, -0.25) is 4.79 Å². The number of carbonyl (C=O) groups is 1. The number of ether oxygens (including phenoxy) is 1. The second-order valence-electron chi connectivity index (χ2n) is 5.80.